The summed E-state index contributed by atoms with van der Waals surface area (Å²) in [7, 11) is 0. The van der Waals surface area contributed by atoms with Gasteiger partial charge in [0.05, 0.1) is 6.61 Å². The third-order valence-corrected chi connectivity index (χ3v) is 2.47. The Morgan fingerprint density at radius 1 is 1.40 bits per heavy atom. The first-order chi connectivity index (χ1) is 4.88. The first-order valence-electron chi connectivity index (χ1n) is 3.93. The molecule has 1 atom stereocenters. The van der Waals surface area contributed by atoms with Crippen molar-refractivity contribution in [3.8, 4) is 0 Å². The molecule has 0 aromatic carbocycles. The maximum Gasteiger partial charge on any atom is 0.276 e. The molecular formula is C8H12O2. The van der Waals surface area contributed by atoms with Gasteiger partial charge in [-0.3, -0.25) is 0 Å². The van der Waals surface area contributed by atoms with Crippen LogP contribution < -0.4 is 0 Å². The van der Waals surface area contributed by atoms with Crippen molar-refractivity contribution in [2.45, 2.75) is 25.7 Å². The van der Waals surface area contributed by atoms with Gasteiger partial charge in [-0.2, -0.15) is 0 Å². The highest BCUT2D eigenvalue weighted by Crippen LogP contribution is 2.37. The fraction of sp³-hybridized carbons (Fsp3) is 0.750. The second kappa shape index (κ2) is 2.19. The van der Waals surface area contributed by atoms with Crippen LogP contribution in [0.25, 0.3) is 0 Å². The molecule has 2 rings (SSSR count). The zero-order chi connectivity index (χ0) is 6.97. The molecule has 0 aromatic heterocycles. The Morgan fingerprint density at radius 2 is 2.30 bits per heavy atom. The highest BCUT2D eigenvalue weighted by atomic mass is 16.6. The highest BCUT2D eigenvalue weighted by Gasteiger charge is 2.28. The summed E-state index contributed by atoms with van der Waals surface area (Å²) in [5.41, 5.74) is 1.17. The van der Waals surface area contributed by atoms with Crippen LogP contribution in [0.15, 0.2) is 11.5 Å². The normalized spacial score (nSPS) is 31.8. The Labute approximate surface area is 60.5 Å². The highest BCUT2D eigenvalue weighted by molar-refractivity contribution is 5.13. The molecule has 2 nitrogen and oxygen atoms in total. The molecule has 56 valence electrons. The van der Waals surface area contributed by atoms with Gasteiger partial charge in [-0.25, -0.2) is 0 Å². The van der Waals surface area contributed by atoms with E-state index in [1.54, 1.807) is 0 Å². The van der Waals surface area contributed by atoms with Crippen LogP contribution in [0.1, 0.15) is 25.7 Å². The van der Waals surface area contributed by atoms with E-state index in [1.165, 1.54) is 18.4 Å². The molecule has 1 saturated carbocycles. The van der Waals surface area contributed by atoms with Crippen molar-refractivity contribution >= 4 is 0 Å². The van der Waals surface area contributed by atoms with E-state index in [2.05, 4.69) is 0 Å². The van der Waals surface area contributed by atoms with E-state index in [1.807, 2.05) is 0 Å². The lowest BCUT2D eigenvalue weighted by molar-refractivity contribution is 0.0626. The molecule has 0 saturated heterocycles. The molecule has 1 aliphatic carbocycles. The number of hydrogen-bond donors (Lipinski definition) is 1. The van der Waals surface area contributed by atoms with Gasteiger partial charge >= 0.3 is 0 Å². The lowest BCUT2D eigenvalue weighted by atomic mass is 9.99. The lowest BCUT2D eigenvalue weighted by Gasteiger charge is -2.19. The van der Waals surface area contributed by atoms with Crippen LogP contribution in [-0.4, -0.2) is 11.7 Å². The van der Waals surface area contributed by atoms with Crippen LogP contribution in [-0.2, 0) is 4.74 Å². The van der Waals surface area contributed by atoms with Crippen molar-refractivity contribution in [2.75, 3.05) is 6.61 Å². The molecule has 0 bridgehead atoms. The first kappa shape index (κ1) is 6.08. The van der Waals surface area contributed by atoms with E-state index >= 15 is 0 Å². The second-order valence-electron chi connectivity index (χ2n) is 3.06. The number of hydrogen-bond acceptors (Lipinski definition) is 2. The molecule has 1 fully saturated rings. The topological polar surface area (TPSA) is 29.5 Å². The molecule has 1 unspecified atom stereocenters. The molecule has 10 heavy (non-hydrogen) atoms. The van der Waals surface area contributed by atoms with E-state index in [4.69, 9.17) is 4.74 Å². The van der Waals surface area contributed by atoms with Gasteiger partial charge in [-0.15, -0.1) is 0 Å². The Balaban J connectivity index is 2.25. The average Bonchev–Trinajstić information content (AvgIpc) is 2.36. The van der Waals surface area contributed by atoms with E-state index in [0.717, 1.165) is 12.8 Å². The molecule has 1 heterocycles. The van der Waals surface area contributed by atoms with E-state index in [0.29, 0.717) is 12.5 Å². The SMILES string of the molecule is OC1=C2CCCC2CCO1. The maximum atomic E-state index is 9.24. The van der Waals surface area contributed by atoms with Crippen LogP contribution in [0, 0.1) is 5.92 Å². The van der Waals surface area contributed by atoms with Gasteiger partial charge in [-0.1, -0.05) is 0 Å². The molecule has 0 aromatic rings. The predicted octanol–water partition coefficient (Wildman–Crippen LogP) is 1.98. The van der Waals surface area contributed by atoms with Crippen LogP contribution >= 0.6 is 0 Å². The standard InChI is InChI=1S/C8H12O2/c9-8-7-3-1-2-6(7)4-5-10-8/h6,9H,1-5H2. The number of aliphatic hydroxyl groups excluding tert-OH is 1. The van der Waals surface area contributed by atoms with Crippen molar-refractivity contribution in [3.63, 3.8) is 0 Å². The molecule has 2 aliphatic rings. The zero-order valence-corrected chi connectivity index (χ0v) is 5.97. The van der Waals surface area contributed by atoms with Gasteiger partial charge in [-0.05, 0) is 31.6 Å². The Kier molecular flexibility index (Phi) is 1.33. The summed E-state index contributed by atoms with van der Waals surface area (Å²) >= 11 is 0. The number of ether oxygens (including phenoxy) is 1. The summed E-state index contributed by atoms with van der Waals surface area (Å²) in [6, 6.07) is 0. The summed E-state index contributed by atoms with van der Waals surface area (Å²) in [4.78, 5) is 0. The molecule has 1 aliphatic heterocycles. The van der Waals surface area contributed by atoms with Crippen LogP contribution in [0.5, 0.6) is 0 Å². The third kappa shape index (κ3) is 0.789. The monoisotopic (exact) mass is 140 g/mol. The fourth-order valence-corrected chi connectivity index (χ4v) is 1.91. The number of rotatable bonds is 0. The summed E-state index contributed by atoms with van der Waals surface area (Å²) < 4.78 is 5.03. The smallest absolute Gasteiger partial charge is 0.276 e. The first-order valence-corrected chi connectivity index (χ1v) is 3.93. The van der Waals surface area contributed by atoms with Crippen molar-refractivity contribution in [3.05, 3.63) is 11.5 Å². The molecule has 1 N–H and O–H groups in total. The van der Waals surface area contributed by atoms with Gasteiger partial charge < -0.3 is 9.84 Å². The van der Waals surface area contributed by atoms with Crippen LogP contribution in [0.2, 0.25) is 0 Å². The van der Waals surface area contributed by atoms with Gasteiger partial charge in [0.15, 0.2) is 0 Å². The van der Waals surface area contributed by atoms with E-state index in [9.17, 15) is 5.11 Å². The van der Waals surface area contributed by atoms with Gasteiger partial charge in [0.1, 0.15) is 0 Å². The Morgan fingerprint density at radius 3 is 3.10 bits per heavy atom. The Hall–Kier alpha value is -0.660. The summed E-state index contributed by atoms with van der Waals surface area (Å²) in [5.74, 6) is 0.877. The minimum Gasteiger partial charge on any atom is -0.481 e. The molecule has 0 spiro atoms. The van der Waals surface area contributed by atoms with Crippen molar-refractivity contribution < 1.29 is 9.84 Å². The minimum absolute atomic E-state index is 0.230. The van der Waals surface area contributed by atoms with Crippen LogP contribution in [0.4, 0.5) is 0 Å². The minimum atomic E-state index is 0.230. The van der Waals surface area contributed by atoms with E-state index < -0.39 is 0 Å². The van der Waals surface area contributed by atoms with Gasteiger partial charge in [0.2, 0.25) is 0 Å². The third-order valence-electron chi connectivity index (χ3n) is 2.47. The van der Waals surface area contributed by atoms with Crippen molar-refractivity contribution in [1.82, 2.24) is 0 Å². The number of aliphatic hydroxyl groups is 1. The summed E-state index contributed by atoms with van der Waals surface area (Å²) in [5, 5.41) is 9.24. The Bertz CT molecular complexity index is 172. The largest absolute Gasteiger partial charge is 0.481 e. The van der Waals surface area contributed by atoms with Gasteiger partial charge in [0, 0.05) is 5.57 Å². The summed E-state index contributed by atoms with van der Waals surface area (Å²) in [6.07, 6.45) is 4.64. The molecular weight excluding hydrogens is 128 g/mol. The van der Waals surface area contributed by atoms with Gasteiger partial charge in [0.25, 0.3) is 5.95 Å². The maximum absolute atomic E-state index is 9.24. The second-order valence-corrected chi connectivity index (χ2v) is 3.06. The molecule has 2 heteroatoms. The quantitative estimate of drug-likeness (QED) is 0.557. The van der Waals surface area contributed by atoms with Crippen LogP contribution in [0.3, 0.4) is 0 Å². The number of fused-ring (bicyclic) bond motifs is 1. The van der Waals surface area contributed by atoms with Crippen molar-refractivity contribution in [2.24, 2.45) is 5.92 Å². The fourth-order valence-electron chi connectivity index (χ4n) is 1.91. The summed E-state index contributed by atoms with van der Waals surface area (Å²) in [6.45, 7) is 0.708. The predicted molar refractivity (Wildman–Crippen MR) is 37.6 cm³/mol. The number of allylic oxidation sites excluding steroid dienone is 1. The zero-order valence-electron chi connectivity index (χ0n) is 5.97. The van der Waals surface area contributed by atoms with E-state index in [-0.39, 0.29) is 5.95 Å². The lowest BCUT2D eigenvalue weighted by Crippen LogP contribution is -2.12. The molecule has 0 amide bonds. The average molecular weight is 140 g/mol. The molecule has 0 radical (unpaired) electrons. The van der Waals surface area contributed by atoms with Crippen molar-refractivity contribution in [1.29, 1.82) is 0 Å².